The summed E-state index contributed by atoms with van der Waals surface area (Å²) in [7, 11) is -3.67. The van der Waals surface area contributed by atoms with Gasteiger partial charge in [0.25, 0.3) is 0 Å². The number of fused-ring (bicyclic) bond motifs is 1. The molecule has 7 rings (SSSR count). The molecule has 0 radical (unpaired) electrons. The standard InChI is InChI=1S/C56H69Cl2N9O9S2/c1-35-50(77-34-61-35)37-13-11-36(12-14-37)29-60-52(70)47-27-41(68)30-67(47)53(71)51(55(2,3)4)64-48(69)33-74-23-10-8-9-21-66-22-19-43-45(31-66)62-54(65-78(7,72)73)63-46(43)32-76-42-17-15-39(16-18-42)56(5,6)40-25-38(28-59)49(44(58)26-40)75-24-20-57/h11-18,25-26,34,41,47,51,68H,8-10,19-24,27,29-33H2,1-7H3,(H,60,70)(H,64,69)(H,62,63,65)/t41-,47+,51-/m1/s1. The Labute approximate surface area is 471 Å². The number of aliphatic hydroxyl groups is 1. The number of nitriles is 1. The van der Waals surface area contributed by atoms with Crippen LogP contribution >= 0.6 is 34.5 Å². The summed E-state index contributed by atoms with van der Waals surface area (Å²) >= 11 is 13.9. The fourth-order valence-electron chi connectivity index (χ4n) is 9.56. The van der Waals surface area contributed by atoms with Crippen LogP contribution in [0.15, 0.2) is 66.2 Å². The number of aryl methyl sites for hydroxylation is 1. The summed E-state index contributed by atoms with van der Waals surface area (Å²) in [6.07, 6.45) is 3.23. The van der Waals surface area contributed by atoms with Crippen LogP contribution in [0.5, 0.6) is 11.5 Å². The Morgan fingerprint density at radius 3 is 2.40 bits per heavy atom. The molecular formula is C56H69Cl2N9O9S2. The lowest BCUT2D eigenvalue weighted by molar-refractivity contribution is -0.144. The van der Waals surface area contributed by atoms with E-state index in [-0.39, 0.29) is 57.1 Å². The Morgan fingerprint density at radius 1 is 0.987 bits per heavy atom. The number of rotatable bonds is 24. The van der Waals surface area contributed by atoms with Crippen molar-refractivity contribution in [2.45, 2.75) is 117 Å². The Bertz CT molecular complexity index is 3070. The molecule has 3 atom stereocenters. The Balaban J connectivity index is 0.863. The van der Waals surface area contributed by atoms with Gasteiger partial charge in [0.15, 0.2) is 5.75 Å². The highest BCUT2D eigenvalue weighted by molar-refractivity contribution is 7.92. The number of amides is 3. The predicted molar refractivity (Wildman–Crippen MR) is 301 cm³/mol. The van der Waals surface area contributed by atoms with Crippen molar-refractivity contribution in [1.29, 1.82) is 5.26 Å². The van der Waals surface area contributed by atoms with Crippen molar-refractivity contribution in [3.8, 4) is 28.0 Å². The van der Waals surface area contributed by atoms with Crippen LogP contribution in [0, 0.1) is 23.7 Å². The molecule has 2 aromatic heterocycles. The number of carbonyl (C=O) groups is 3. The van der Waals surface area contributed by atoms with E-state index in [1.165, 1.54) is 4.90 Å². The van der Waals surface area contributed by atoms with E-state index < -0.39 is 50.9 Å². The Kier molecular flexibility index (Phi) is 20.2. The van der Waals surface area contributed by atoms with Crippen molar-refractivity contribution < 1.29 is 42.1 Å². The zero-order valence-electron chi connectivity index (χ0n) is 45.2. The third-order valence-corrected chi connectivity index (χ3v) is 15.8. The lowest BCUT2D eigenvalue weighted by atomic mass is 9.77. The zero-order chi connectivity index (χ0) is 56.4. The lowest BCUT2D eigenvalue weighted by Crippen LogP contribution is -2.58. The molecule has 1 saturated heterocycles. The maximum absolute atomic E-state index is 14.1. The molecule has 4 heterocycles. The van der Waals surface area contributed by atoms with Crippen LogP contribution in [-0.2, 0) is 60.7 Å². The van der Waals surface area contributed by atoms with Gasteiger partial charge < -0.3 is 34.9 Å². The van der Waals surface area contributed by atoms with Gasteiger partial charge in [0, 0.05) is 50.2 Å². The zero-order valence-corrected chi connectivity index (χ0v) is 48.3. The molecule has 78 heavy (non-hydrogen) atoms. The van der Waals surface area contributed by atoms with E-state index in [4.69, 9.17) is 37.4 Å². The Hall–Kier alpha value is -5.92. The average Bonchev–Trinajstić information content (AvgIpc) is 4.06. The summed E-state index contributed by atoms with van der Waals surface area (Å²) in [5.41, 5.74) is 7.75. The number of sulfonamides is 1. The van der Waals surface area contributed by atoms with Crippen LogP contribution in [0.3, 0.4) is 0 Å². The van der Waals surface area contributed by atoms with Gasteiger partial charge in [0.2, 0.25) is 33.7 Å². The molecule has 2 aliphatic heterocycles. The molecule has 4 N–H and O–H groups in total. The summed E-state index contributed by atoms with van der Waals surface area (Å²) in [5, 5.41) is 26.6. The van der Waals surface area contributed by atoms with Crippen LogP contribution in [0.1, 0.15) is 105 Å². The third-order valence-electron chi connectivity index (χ3n) is 13.9. The van der Waals surface area contributed by atoms with Gasteiger partial charge in [-0.3, -0.25) is 24.0 Å². The highest BCUT2D eigenvalue weighted by Crippen LogP contribution is 2.39. The van der Waals surface area contributed by atoms with E-state index in [1.54, 1.807) is 23.5 Å². The summed E-state index contributed by atoms with van der Waals surface area (Å²) in [4.78, 5) is 59.1. The number of β-amino-alcohol motifs (C(OH)–C–C–N with tert-alkyl or cyclic N) is 1. The maximum atomic E-state index is 14.1. The van der Waals surface area contributed by atoms with Gasteiger partial charge in [-0.2, -0.15) is 5.26 Å². The molecule has 3 amide bonds. The monoisotopic (exact) mass is 1150 g/mol. The summed E-state index contributed by atoms with van der Waals surface area (Å²) < 4.78 is 44.7. The van der Waals surface area contributed by atoms with Crippen LogP contribution in [0.2, 0.25) is 5.02 Å². The topological polar surface area (TPSA) is 238 Å². The second kappa shape index (κ2) is 26.4. The molecule has 2 aliphatic rings. The van der Waals surface area contributed by atoms with Gasteiger partial charge in [0.05, 0.1) is 56.3 Å². The van der Waals surface area contributed by atoms with Crippen molar-refractivity contribution in [2.75, 3.05) is 56.3 Å². The number of alkyl halides is 1. The molecule has 5 aromatic rings. The fraction of sp³-hybridized carbons (Fsp3) is 0.482. The Morgan fingerprint density at radius 2 is 1.73 bits per heavy atom. The average molecular weight is 1150 g/mol. The van der Waals surface area contributed by atoms with Crippen molar-refractivity contribution >= 4 is 68.2 Å². The number of aliphatic hydroxyl groups excluding tert-OH is 1. The first-order chi connectivity index (χ1) is 37.0. The molecule has 3 aromatic carbocycles. The summed E-state index contributed by atoms with van der Waals surface area (Å²) in [6, 6.07) is 19.3. The smallest absolute Gasteiger partial charge is 0.246 e. The first-order valence-electron chi connectivity index (χ1n) is 25.9. The van der Waals surface area contributed by atoms with Gasteiger partial charge in [0.1, 0.15) is 43.7 Å². The van der Waals surface area contributed by atoms with E-state index in [9.17, 15) is 33.2 Å². The second-order valence-corrected chi connectivity index (χ2v) is 24.7. The van der Waals surface area contributed by atoms with Crippen LogP contribution < -0.4 is 24.8 Å². The number of nitrogens with one attached hydrogen (secondary N) is 3. The minimum absolute atomic E-state index is 0.0267. The lowest BCUT2D eigenvalue weighted by Gasteiger charge is -2.35. The highest BCUT2D eigenvalue weighted by Gasteiger charge is 2.44. The first kappa shape index (κ1) is 59.7. The number of thiazole rings is 1. The normalized spacial score (nSPS) is 16.2. The second-order valence-electron chi connectivity index (χ2n) is 21.3. The maximum Gasteiger partial charge on any atom is 0.246 e. The summed E-state index contributed by atoms with van der Waals surface area (Å²) in [6.45, 7) is 14.1. The first-order valence-corrected chi connectivity index (χ1v) is 29.6. The van der Waals surface area contributed by atoms with Crippen LogP contribution in [0.25, 0.3) is 10.4 Å². The van der Waals surface area contributed by atoms with Gasteiger partial charge in [-0.25, -0.2) is 23.4 Å². The van der Waals surface area contributed by atoms with E-state index in [0.29, 0.717) is 59.5 Å². The molecule has 0 saturated carbocycles. The van der Waals surface area contributed by atoms with E-state index >= 15 is 0 Å². The predicted octanol–water partition coefficient (Wildman–Crippen LogP) is 7.68. The van der Waals surface area contributed by atoms with Crippen molar-refractivity contribution in [1.82, 2.24) is 35.4 Å². The third kappa shape index (κ3) is 15.7. The number of unbranched alkanes of at least 4 members (excludes halogenated alkanes) is 2. The number of anilines is 1. The molecule has 0 bridgehead atoms. The fourth-order valence-corrected chi connectivity index (χ4v) is 11.1. The number of likely N-dealkylation sites (tertiary alicyclic amines) is 1. The highest BCUT2D eigenvalue weighted by atomic mass is 35.5. The molecule has 22 heteroatoms. The molecule has 0 spiro atoms. The largest absolute Gasteiger partial charge is 0.489 e. The van der Waals surface area contributed by atoms with Crippen LogP contribution in [-0.4, -0.2) is 126 Å². The molecule has 418 valence electrons. The summed E-state index contributed by atoms with van der Waals surface area (Å²) in [5.74, 6) is -0.167. The molecular weight excluding hydrogens is 1080 g/mol. The van der Waals surface area contributed by atoms with Crippen LogP contribution in [0.4, 0.5) is 5.95 Å². The number of aromatic nitrogens is 3. The number of carbonyl (C=O) groups excluding carboxylic acids is 3. The SMILES string of the molecule is Cc1ncsc1-c1ccc(CNC(=O)[C@@H]2C[C@@H](O)CN2C(=O)[C@@H](NC(=O)COCCCCCN2CCc3c(COc4ccc(C(C)(C)c5cc(Cl)c(OCCCl)c(C#N)c5)cc4)nc(NS(C)(=O)=O)nc3C2)C(C)(C)C)cc1. The van der Waals surface area contributed by atoms with Gasteiger partial charge in [-0.1, -0.05) is 82.6 Å². The number of hydrogen-bond acceptors (Lipinski definition) is 15. The van der Waals surface area contributed by atoms with E-state index in [1.807, 2.05) is 95.6 Å². The molecule has 1 fully saturated rings. The number of benzene rings is 3. The molecule has 0 aliphatic carbocycles. The van der Waals surface area contributed by atoms with Gasteiger partial charge >= 0.3 is 0 Å². The van der Waals surface area contributed by atoms with Gasteiger partial charge in [-0.05, 0) is 91.1 Å². The van der Waals surface area contributed by atoms with Crippen molar-refractivity contribution in [3.05, 3.63) is 116 Å². The minimum Gasteiger partial charge on any atom is -0.489 e. The molecule has 18 nitrogen and oxygen atoms in total. The number of hydrogen-bond donors (Lipinski definition) is 4. The van der Waals surface area contributed by atoms with Crippen molar-refractivity contribution in [3.63, 3.8) is 0 Å². The van der Waals surface area contributed by atoms with E-state index in [0.717, 1.165) is 70.6 Å². The minimum atomic E-state index is -3.67. The van der Waals surface area contributed by atoms with Crippen molar-refractivity contribution in [2.24, 2.45) is 5.41 Å². The number of ether oxygens (including phenoxy) is 3. The quantitative estimate of drug-likeness (QED) is 0.0343. The van der Waals surface area contributed by atoms with Gasteiger partial charge in [-0.15, -0.1) is 22.9 Å². The molecule has 0 unspecified atom stereocenters. The van der Waals surface area contributed by atoms with E-state index in [2.05, 4.69) is 41.3 Å². The number of nitrogens with zero attached hydrogens (tertiary/aromatic N) is 6. The number of halogens is 2.